The molecule has 1 aromatic carbocycles. The molecule has 0 bridgehead atoms. The minimum Gasteiger partial charge on any atom is -0.467 e. The van der Waals surface area contributed by atoms with Crippen LogP contribution in [0.25, 0.3) is 0 Å². The Morgan fingerprint density at radius 1 is 1.08 bits per heavy atom. The van der Waals surface area contributed by atoms with Crippen LogP contribution in [0, 0.1) is 0 Å². The summed E-state index contributed by atoms with van der Waals surface area (Å²) in [6.45, 7) is 7.41. The molecule has 25 heavy (non-hydrogen) atoms. The Hall–Kier alpha value is -2.11. The van der Waals surface area contributed by atoms with E-state index in [0.29, 0.717) is 6.54 Å². The highest BCUT2D eigenvalue weighted by Gasteiger charge is 2.20. The molecule has 2 aromatic rings. The van der Waals surface area contributed by atoms with Crippen molar-refractivity contribution in [2.24, 2.45) is 0 Å². The summed E-state index contributed by atoms with van der Waals surface area (Å²) in [7, 11) is 0. The first-order valence-electron chi connectivity index (χ1n) is 9.02. The van der Waals surface area contributed by atoms with Gasteiger partial charge in [-0.05, 0) is 31.0 Å². The second-order valence-corrected chi connectivity index (χ2v) is 6.66. The lowest BCUT2D eigenvalue weighted by molar-refractivity contribution is -0.123. The van der Waals surface area contributed by atoms with Gasteiger partial charge in [-0.15, -0.1) is 0 Å². The van der Waals surface area contributed by atoms with Crippen molar-refractivity contribution in [3.05, 3.63) is 60.1 Å². The maximum atomic E-state index is 12.2. The summed E-state index contributed by atoms with van der Waals surface area (Å²) in [6, 6.07) is 14.2. The molecule has 5 nitrogen and oxygen atoms in total. The summed E-state index contributed by atoms with van der Waals surface area (Å²) >= 11 is 0. The zero-order chi connectivity index (χ0) is 17.5. The molecule has 1 aliphatic heterocycles. The number of piperazine rings is 1. The Kier molecular flexibility index (Phi) is 6.25. The molecule has 1 unspecified atom stereocenters. The molecular formula is C20H27N3O2. The molecule has 1 aliphatic rings. The fourth-order valence-corrected chi connectivity index (χ4v) is 3.20. The SMILES string of the molecule is CC(NC(=O)CN1CCN(CCc2ccccc2)CC1)c1ccco1. The normalized spacial score (nSPS) is 17.3. The van der Waals surface area contributed by atoms with Gasteiger partial charge in [-0.2, -0.15) is 0 Å². The van der Waals surface area contributed by atoms with Gasteiger partial charge in [-0.3, -0.25) is 9.69 Å². The number of rotatable bonds is 7. The number of carbonyl (C=O) groups is 1. The minimum atomic E-state index is -0.0883. The second kappa shape index (κ2) is 8.83. The largest absolute Gasteiger partial charge is 0.467 e. The Morgan fingerprint density at radius 3 is 2.48 bits per heavy atom. The number of hydrogen-bond donors (Lipinski definition) is 1. The van der Waals surface area contributed by atoms with Gasteiger partial charge in [-0.25, -0.2) is 0 Å². The fourth-order valence-electron chi connectivity index (χ4n) is 3.20. The van der Waals surface area contributed by atoms with Gasteiger partial charge >= 0.3 is 0 Å². The molecule has 1 saturated heterocycles. The molecule has 1 N–H and O–H groups in total. The predicted molar refractivity (Wildman–Crippen MR) is 98.3 cm³/mol. The molecule has 1 aromatic heterocycles. The van der Waals surface area contributed by atoms with Crippen LogP contribution in [0.4, 0.5) is 0 Å². The highest BCUT2D eigenvalue weighted by molar-refractivity contribution is 5.78. The summed E-state index contributed by atoms with van der Waals surface area (Å²) in [6.07, 6.45) is 2.72. The first-order chi connectivity index (χ1) is 12.2. The van der Waals surface area contributed by atoms with Gasteiger partial charge in [0.05, 0.1) is 18.8 Å². The van der Waals surface area contributed by atoms with Crippen molar-refractivity contribution in [2.75, 3.05) is 39.3 Å². The number of hydrogen-bond acceptors (Lipinski definition) is 4. The quantitative estimate of drug-likeness (QED) is 0.840. The molecule has 2 heterocycles. The Labute approximate surface area is 149 Å². The van der Waals surface area contributed by atoms with E-state index in [9.17, 15) is 4.79 Å². The number of amides is 1. The van der Waals surface area contributed by atoms with E-state index < -0.39 is 0 Å². The van der Waals surface area contributed by atoms with Crippen molar-refractivity contribution >= 4 is 5.91 Å². The number of nitrogens with one attached hydrogen (secondary N) is 1. The second-order valence-electron chi connectivity index (χ2n) is 6.66. The van der Waals surface area contributed by atoms with Gasteiger partial charge in [0.1, 0.15) is 5.76 Å². The van der Waals surface area contributed by atoms with Crippen LogP contribution in [-0.2, 0) is 11.2 Å². The van der Waals surface area contributed by atoms with E-state index in [4.69, 9.17) is 4.42 Å². The zero-order valence-corrected chi connectivity index (χ0v) is 14.9. The van der Waals surface area contributed by atoms with Gasteiger partial charge in [-0.1, -0.05) is 30.3 Å². The monoisotopic (exact) mass is 341 g/mol. The number of furan rings is 1. The van der Waals surface area contributed by atoms with Gasteiger partial charge in [0.2, 0.25) is 5.91 Å². The lowest BCUT2D eigenvalue weighted by Gasteiger charge is -2.34. The summed E-state index contributed by atoms with van der Waals surface area (Å²) in [4.78, 5) is 16.9. The molecular weight excluding hydrogens is 314 g/mol. The Morgan fingerprint density at radius 2 is 1.80 bits per heavy atom. The molecule has 3 rings (SSSR count). The summed E-state index contributed by atoms with van der Waals surface area (Å²) in [5, 5.41) is 3.00. The average molecular weight is 341 g/mol. The van der Waals surface area contributed by atoms with Gasteiger partial charge in [0.25, 0.3) is 0 Å². The third-order valence-electron chi connectivity index (χ3n) is 4.74. The van der Waals surface area contributed by atoms with Crippen LogP contribution in [0.5, 0.6) is 0 Å². The van der Waals surface area contributed by atoms with E-state index in [1.54, 1.807) is 6.26 Å². The van der Waals surface area contributed by atoms with E-state index in [-0.39, 0.29) is 11.9 Å². The van der Waals surface area contributed by atoms with Crippen molar-refractivity contribution in [2.45, 2.75) is 19.4 Å². The van der Waals surface area contributed by atoms with Crippen LogP contribution in [0.15, 0.2) is 53.1 Å². The summed E-state index contributed by atoms with van der Waals surface area (Å²) in [5.41, 5.74) is 1.39. The van der Waals surface area contributed by atoms with Crippen molar-refractivity contribution in [3.8, 4) is 0 Å². The van der Waals surface area contributed by atoms with Gasteiger partial charge in [0, 0.05) is 32.7 Å². The maximum absolute atomic E-state index is 12.2. The lowest BCUT2D eigenvalue weighted by atomic mass is 10.1. The van der Waals surface area contributed by atoms with Crippen molar-refractivity contribution in [1.29, 1.82) is 0 Å². The van der Waals surface area contributed by atoms with E-state index in [1.165, 1.54) is 5.56 Å². The van der Waals surface area contributed by atoms with Crippen molar-refractivity contribution < 1.29 is 9.21 Å². The molecule has 1 amide bonds. The van der Waals surface area contributed by atoms with Crippen LogP contribution in [0.3, 0.4) is 0 Å². The Balaban J connectivity index is 1.35. The minimum absolute atomic E-state index is 0.0571. The summed E-state index contributed by atoms with van der Waals surface area (Å²) < 4.78 is 5.33. The molecule has 1 atom stereocenters. The van der Waals surface area contributed by atoms with Crippen LogP contribution >= 0.6 is 0 Å². The van der Waals surface area contributed by atoms with Crippen LogP contribution < -0.4 is 5.32 Å². The third-order valence-corrected chi connectivity index (χ3v) is 4.74. The van der Waals surface area contributed by atoms with Crippen LogP contribution in [0.2, 0.25) is 0 Å². The maximum Gasteiger partial charge on any atom is 0.234 e. The number of nitrogens with zero attached hydrogens (tertiary/aromatic N) is 2. The van der Waals surface area contributed by atoms with E-state index in [1.807, 2.05) is 19.1 Å². The fraction of sp³-hybridized carbons (Fsp3) is 0.450. The van der Waals surface area contributed by atoms with Crippen molar-refractivity contribution in [3.63, 3.8) is 0 Å². The topological polar surface area (TPSA) is 48.7 Å². The first kappa shape index (κ1) is 17.7. The molecule has 0 saturated carbocycles. The number of benzene rings is 1. The lowest BCUT2D eigenvalue weighted by Crippen LogP contribution is -2.49. The molecule has 0 aliphatic carbocycles. The highest BCUT2D eigenvalue weighted by Crippen LogP contribution is 2.12. The zero-order valence-electron chi connectivity index (χ0n) is 14.9. The van der Waals surface area contributed by atoms with Crippen molar-refractivity contribution in [1.82, 2.24) is 15.1 Å². The molecule has 0 spiro atoms. The first-order valence-corrected chi connectivity index (χ1v) is 9.02. The van der Waals surface area contributed by atoms with E-state index >= 15 is 0 Å². The van der Waals surface area contributed by atoms with Gasteiger partial charge < -0.3 is 14.6 Å². The molecule has 1 fully saturated rings. The molecule has 134 valence electrons. The average Bonchev–Trinajstić information content (AvgIpc) is 3.17. The summed E-state index contributed by atoms with van der Waals surface area (Å²) in [5.74, 6) is 0.848. The van der Waals surface area contributed by atoms with E-state index in [2.05, 4.69) is 45.4 Å². The van der Waals surface area contributed by atoms with Crippen LogP contribution in [0.1, 0.15) is 24.3 Å². The van der Waals surface area contributed by atoms with Gasteiger partial charge in [0.15, 0.2) is 0 Å². The Bertz CT molecular complexity index is 634. The third kappa shape index (κ3) is 5.44. The van der Waals surface area contributed by atoms with Crippen LogP contribution in [-0.4, -0.2) is 55.0 Å². The molecule has 5 heteroatoms. The predicted octanol–water partition coefficient (Wildman–Crippen LogP) is 2.32. The number of carbonyl (C=O) groups excluding carboxylic acids is 1. The molecule has 0 radical (unpaired) electrons. The smallest absolute Gasteiger partial charge is 0.234 e. The standard InChI is InChI=1S/C20H27N3O2/c1-17(19-8-5-15-25-19)21-20(24)16-23-13-11-22(12-14-23)10-9-18-6-3-2-4-7-18/h2-8,15,17H,9-14,16H2,1H3,(H,21,24). The van der Waals surface area contributed by atoms with E-state index in [0.717, 1.165) is 44.9 Å². The highest BCUT2D eigenvalue weighted by atomic mass is 16.3.